The molecule has 0 radical (unpaired) electrons. The van der Waals surface area contributed by atoms with E-state index in [-0.39, 0.29) is 12.5 Å². The summed E-state index contributed by atoms with van der Waals surface area (Å²) in [6.07, 6.45) is 2.05. The van der Waals surface area contributed by atoms with Crippen molar-refractivity contribution in [3.63, 3.8) is 0 Å². The average Bonchev–Trinajstić information content (AvgIpc) is 3.04. The van der Waals surface area contributed by atoms with Crippen LogP contribution in [0.3, 0.4) is 0 Å². The maximum atomic E-state index is 10.8. The lowest BCUT2D eigenvalue weighted by atomic mass is 10.1. The zero-order chi connectivity index (χ0) is 12.4. The minimum Gasteiger partial charge on any atom is -0.493 e. The van der Waals surface area contributed by atoms with Crippen molar-refractivity contribution in [3.05, 3.63) is 22.7 Å². The molecule has 17 heavy (non-hydrogen) atoms. The van der Waals surface area contributed by atoms with E-state index in [4.69, 9.17) is 26.2 Å². The molecule has 1 N–H and O–H groups in total. The Balaban J connectivity index is 2.36. The van der Waals surface area contributed by atoms with Gasteiger partial charge in [0.25, 0.3) is 0 Å². The summed E-state index contributed by atoms with van der Waals surface area (Å²) in [6.45, 7) is 0. The number of carboxylic acids is 1. The predicted molar refractivity (Wildman–Crippen MR) is 63.0 cm³/mol. The van der Waals surface area contributed by atoms with Crippen molar-refractivity contribution in [1.82, 2.24) is 0 Å². The van der Waals surface area contributed by atoms with Gasteiger partial charge in [0.1, 0.15) is 0 Å². The van der Waals surface area contributed by atoms with Gasteiger partial charge in [0.05, 0.1) is 19.6 Å². The van der Waals surface area contributed by atoms with Gasteiger partial charge < -0.3 is 14.6 Å². The van der Waals surface area contributed by atoms with Crippen LogP contribution < -0.4 is 9.47 Å². The fourth-order valence-electron chi connectivity index (χ4n) is 1.55. The largest absolute Gasteiger partial charge is 0.493 e. The standard InChI is InChI=1S/C12H13ClO4/c1-16-10-6-8(13)4-7(5-11(14)15)12(10)17-9-2-3-9/h4,6,9H,2-3,5H2,1H3,(H,14,15). The normalized spacial score (nSPS) is 14.5. The highest BCUT2D eigenvalue weighted by Gasteiger charge is 2.27. The molecule has 2 rings (SSSR count). The molecule has 0 aliphatic heterocycles. The van der Waals surface area contributed by atoms with Gasteiger partial charge in [-0.05, 0) is 18.9 Å². The third-order valence-corrected chi connectivity index (χ3v) is 2.69. The summed E-state index contributed by atoms with van der Waals surface area (Å²) in [5, 5.41) is 9.30. The second kappa shape index (κ2) is 4.84. The van der Waals surface area contributed by atoms with Gasteiger partial charge in [-0.3, -0.25) is 4.79 Å². The van der Waals surface area contributed by atoms with Crippen LogP contribution in [0.2, 0.25) is 5.02 Å². The monoisotopic (exact) mass is 256 g/mol. The van der Waals surface area contributed by atoms with E-state index >= 15 is 0 Å². The molecule has 1 aliphatic rings. The lowest BCUT2D eigenvalue weighted by molar-refractivity contribution is -0.136. The number of hydrogen-bond donors (Lipinski definition) is 1. The van der Waals surface area contributed by atoms with Crippen LogP contribution in [0, 0.1) is 0 Å². The quantitative estimate of drug-likeness (QED) is 0.880. The number of ether oxygens (including phenoxy) is 2. The van der Waals surface area contributed by atoms with Crippen LogP contribution in [0.1, 0.15) is 18.4 Å². The number of carboxylic acid groups (broad SMARTS) is 1. The third kappa shape index (κ3) is 3.03. The number of halogens is 1. The van der Waals surface area contributed by atoms with Gasteiger partial charge in [0, 0.05) is 16.7 Å². The average molecular weight is 257 g/mol. The second-order valence-corrected chi connectivity index (χ2v) is 4.42. The van der Waals surface area contributed by atoms with Gasteiger partial charge in [0.15, 0.2) is 11.5 Å². The highest BCUT2D eigenvalue weighted by atomic mass is 35.5. The maximum absolute atomic E-state index is 10.8. The fraction of sp³-hybridized carbons (Fsp3) is 0.417. The van der Waals surface area contributed by atoms with E-state index < -0.39 is 5.97 Å². The third-order valence-electron chi connectivity index (χ3n) is 2.47. The molecule has 0 saturated heterocycles. The molecule has 0 heterocycles. The minimum atomic E-state index is -0.921. The molecule has 0 bridgehead atoms. The molecule has 1 aliphatic carbocycles. The van der Waals surface area contributed by atoms with E-state index in [2.05, 4.69) is 0 Å². The molecule has 92 valence electrons. The van der Waals surface area contributed by atoms with Crippen molar-refractivity contribution in [2.24, 2.45) is 0 Å². The number of rotatable bonds is 5. The van der Waals surface area contributed by atoms with Gasteiger partial charge in [-0.2, -0.15) is 0 Å². The molecule has 0 spiro atoms. The van der Waals surface area contributed by atoms with Crippen LogP contribution in [0.5, 0.6) is 11.5 Å². The summed E-state index contributed by atoms with van der Waals surface area (Å²) in [7, 11) is 1.51. The first-order valence-electron chi connectivity index (χ1n) is 5.35. The molecule has 0 amide bonds. The second-order valence-electron chi connectivity index (χ2n) is 3.98. The number of methoxy groups -OCH3 is 1. The topological polar surface area (TPSA) is 55.8 Å². The van der Waals surface area contributed by atoms with E-state index in [1.807, 2.05) is 0 Å². The van der Waals surface area contributed by atoms with Crippen molar-refractivity contribution in [3.8, 4) is 11.5 Å². The highest BCUT2D eigenvalue weighted by molar-refractivity contribution is 6.30. The SMILES string of the molecule is COc1cc(Cl)cc(CC(=O)O)c1OC1CC1. The van der Waals surface area contributed by atoms with E-state index in [9.17, 15) is 4.79 Å². The minimum absolute atomic E-state index is 0.126. The molecular formula is C12H13ClO4. The first kappa shape index (κ1) is 12.0. The van der Waals surface area contributed by atoms with Crippen LogP contribution in [0.4, 0.5) is 0 Å². The summed E-state index contributed by atoms with van der Waals surface area (Å²) in [6, 6.07) is 3.24. The molecule has 0 aromatic heterocycles. The van der Waals surface area contributed by atoms with Gasteiger partial charge in [0.2, 0.25) is 0 Å². The summed E-state index contributed by atoms with van der Waals surface area (Å²) in [5.41, 5.74) is 0.550. The molecule has 1 fully saturated rings. The van der Waals surface area contributed by atoms with Crippen molar-refractivity contribution >= 4 is 17.6 Å². The van der Waals surface area contributed by atoms with E-state index in [1.54, 1.807) is 12.1 Å². The number of benzene rings is 1. The van der Waals surface area contributed by atoms with Crippen LogP contribution in [-0.2, 0) is 11.2 Å². The van der Waals surface area contributed by atoms with Crippen molar-refractivity contribution in [2.45, 2.75) is 25.4 Å². The smallest absolute Gasteiger partial charge is 0.307 e. The predicted octanol–water partition coefficient (Wildman–Crippen LogP) is 2.52. The molecule has 4 nitrogen and oxygen atoms in total. The Morgan fingerprint density at radius 2 is 2.24 bits per heavy atom. The number of hydrogen-bond acceptors (Lipinski definition) is 3. The van der Waals surface area contributed by atoms with Crippen molar-refractivity contribution < 1.29 is 19.4 Å². The summed E-state index contributed by atoms with van der Waals surface area (Å²) in [5.74, 6) is 0.0671. The summed E-state index contributed by atoms with van der Waals surface area (Å²) < 4.78 is 10.9. The molecule has 1 saturated carbocycles. The van der Waals surface area contributed by atoms with Crippen molar-refractivity contribution in [1.29, 1.82) is 0 Å². The zero-order valence-corrected chi connectivity index (χ0v) is 10.2. The van der Waals surface area contributed by atoms with Crippen molar-refractivity contribution in [2.75, 3.05) is 7.11 Å². The van der Waals surface area contributed by atoms with E-state index in [0.717, 1.165) is 12.8 Å². The first-order valence-corrected chi connectivity index (χ1v) is 5.73. The highest BCUT2D eigenvalue weighted by Crippen LogP contribution is 2.38. The van der Waals surface area contributed by atoms with Gasteiger partial charge in [-0.1, -0.05) is 11.6 Å². The summed E-state index contributed by atoms with van der Waals surface area (Å²) in [4.78, 5) is 10.8. The van der Waals surface area contributed by atoms with Crippen LogP contribution in [0.15, 0.2) is 12.1 Å². The maximum Gasteiger partial charge on any atom is 0.307 e. The van der Waals surface area contributed by atoms with Gasteiger partial charge in [-0.15, -0.1) is 0 Å². The molecule has 1 aromatic rings. The molecule has 0 atom stereocenters. The van der Waals surface area contributed by atoms with Gasteiger partial charge >= 0.3 is 5.97 Å². The molecule has 5 heteroatoms. The number of aliphatic carboxylic acids is 1. The fourth-order valence-corrected chi connectivity index (χ4v) is 1.79. The van der Waals surface area contributed by atoms with E-state index in [0.29, 0.717) is 22.1 Å². The first-order chi connectivity index (χ1) is 8.10. The zero-order valence-electron chi connectivity index (χ0n) is 9.40. The summed E-state index contributed by atoms with van der Waals surface area (Å²) >= 11 is 5.91. The Morgan fingerprint density at radius 1 is 1.53 bits per heavy atom. The Morgan fingerprint density at radius 3 is 2.76 bits per heavy atom. The van der Waals surface area contributed by atoms with Crippen LogP contribution in [-0.4, -0.2) is 24.3 Å². The van der Waals surface area contributed by atoms with E-state index in [1.165, 1.54) is 7.11 Å². The molecule has 1 aromatic carbocycles. The molecule has 0 unspecified atom stereocenters. The molecular weight excluding hydrogens is 244 g/mol. The Bertz CT molecular complexity index is 440. The lowest BCUT2D eigenvalue weighted by Crippen LogP contribution is -2.06. The Hall–Kier alpha value is -1.42. The van der Waals surface area contributed by atoms with Gasteiger partial charge in [-0.25, -0.2) is 0 Å². The van der Waals surface area contributed by atoms with Crippen LogP contribution in [0.25, 0.3) is 0 Å². The number of carbonyl (C=O) groups is 1. The Labute approximate surface area is 104 Å². The Kier molecular flexibility index (Phi) is 3.43. The van der Waals surface area contributed by atoms with Crippen LogP contribution >= 0.6 is 11.6 Å². The lowest BCUT2D eigenvalue weighted by Gasteiger charge is -2.14.